The highest BCUT2D eigenvalue weighted by Gasteiger charge is 2.33. The Hall–Kier alpha value is -3.12. The van der Waals surface area contributed by atoms with Gasteiger partial charge in [0.15, 0.2) is 6.10 Å². The van der Waals surface area contributed by atoms with Gasteiger partial charge in [-0.15, -0.1) is 0 Å². The molecule has 0 fully saturated rings. The Morgan fingerprint density at radius 1 is 1.03 bits per heavy atom. The quantitative estimate of drug-likeness (QED) is 0.503. The third-order valence-electron chi connectivity index (χ3n) is 5.06. The first-order chi connectivity index (χ1) is 14.7. The van der Waals surface area contributed by atoms with Gasteiger partial charge in [0, 0.05) is 30.1 Å². The smallest absolute Gasteiger partial charge is 0.375 e. The zero-order valence-electron chi connectivity index (χ0n) is 18.7. The van der Waals surface area contributed by atoms with E-state index >= 15 is 0 Å². The van der Waals surface area contributed by atoms with Gasteiger partial charge >= 0.3 is 5.97 Å². The van der Waals surface area contributed by atoms with Crippen LogP contribution in [0.15, 0.2) is 59.0 Å². The number of fused-ring (bicyclic) bond motifs is 1. The lowest BCUT2D eigenvalue weighted by Gasteiger charge is -2.37. The van der Waals surface area contributed by atoms with Gasteiger partial charge in [0.2, 0.25) is 5.76 Å². The fourth-order valence-electron chi connectivity index (χ4n) is 3.45. The van der Waals surface area contributed by atoms with Crippen LogP contribution in [0.3, 0.4) is 0 Å². The van der Waals surface area contributed by atoms with Crippen molar-refractivity contribution in [2.45, 2.75) is 52.5 Å². The first kappa shape index (κ1) is 22.6. The Kier molecular flexibility index (Phi) is 6.81. The number of benzene rings is 2. The van der Waals surface area contributed by atoms with Crippen LogP contribution in [0, 0.1) is 0 Å². The lowest BCUT2D eigenvalue weighted by atomic mass is 10.0. The molecule has 6 heteroatoms. The van der Waals surface area contributed by atoms with Crippen molar-refractivity contribution in [2.75, 3.05) is 7.11 Å². The summed E-state index contributed by atoms with van der Waals surface area (Å²) in [5.74, 6) is -0.889. The summed E-state index contributed by atoms with van der Waals surface area (Å²) in [6.07, 6.45) is -0.973. The molecule has 3 aromatic rings. The molecule has 2 aromatic carbocycles. The van der Waals surface area contributed by atoms with Crippen LogP contribution < -0.4 is 0 Å². The first-order valence-corrected chi connectivity index (χ1v) is 10.3. The Morgan fingerprint density at radius 2 is 1.68 bits per heavy atom. The van der Waals surface area contributed by atoms with Crippen LogP contribution in [0.25, 0.3) is 11.0 Å². The number of para-hydroxylation sites is 1. The summed E-state index contributed by atoms with van der Waals surface area (Å²) in [5.41, 5.74) is 1.73. The fraction of sp³-hybridized carbons (Fsp3) is 0.360. The summed E-state index contributed by atoms with van der Waals surface area (Å²) in [6, 6.07) is 17.1. The maximum absolute atomic E-state index is 13.2. The number of hydrogen-bond donors (Lipinski definition) is 0. The second kappa shape index (κ2) is 9.35. The third-order valence-corrected chi connectivity index (χ3v) is 5.06. The molecule has 6 nitrogen and oxygen atoms in total. The molecule has 0 aliphatic rings. The first-order valence-electron chi connectivity index (χ1n) is 10.3. The van der Waals surface area contributed by atoms with Gasteiger partial charge in [0.1, 0.15) is 5.58 Å². The van der Waals surface area contributed by atoms with E-state index in [0.29, 0.717) is 17.7 Å². The van der Waals surface area contributed by atoms with E-state index in [-0.39, 0.29) is 18.3 Å². The van der Waals surface area contributed by atoms with E-state index in [2.05, 4.69) is 0 Å². The predicted octanol–water partition coefficient (Wildman–Crippen LogP) is 4.95. The van der Waals surface area contributed by atoms with Crippen LogP contribution in [-0.2, 0) is 27.4 Å². The molecule has 31 heavy (non-hydrogen) atoms. The number of ether oxygens (including phenoxy) is 2. The van der Waals surface area contributed by atoms with Gasteiger partial charge in [-0.2, -0.15) is 0 Å². The van der Waals surface area contributed by atoms with Crippen LogP contribution >= 0.6 is 0 Å². The van der Waals surface area contributed by atoms with Crippen LogP contribution in [0.4, 0.5) is 0 Å². The van der Waals surface area contributed by atoms with E-state index in [0.717, 1.165) is 10.9 Å². The lowest BCUT2D eigenvalue weighted by molar-refractivity contribution is -0.145. The second-order valence-electron chi connectivity index (χ2n) is 8.47. The van der Waals surface area contributed by atoms with Gasteiger partial charge in [-0.1, -0.05) is 48.5 Å². The van der Waals surface area contributed by atoms with E-state index in [1.165, 1.54) is 0 Å². The largest absolute Gasteiger partial charge is 0.449 e. The highest BCUT2D eigenvalue weighted by Crippen LogP contribution is 2.28. The van der Waals surface area contributed by atoms with Crippen LogP contribution in [0.5, 0.6) is 0 Å². The fourth-order valence-corrected chi connectivity index (χ4v) is 3.45. The number of methoxy groups -OCH3 is 1. The van der Waals surface area contributed by atoms with Gasteiger partial charge in [-0.25, -0.2) is 4.79 Å². The van der Waals surface area contributed by atoms with Crippen molar-refractivity contribution in [1.29, 1.82) is 0 Å². The lowest BCUT2D eigenvalue weighted by Crippen LogP contribution is -2.49. The Balaban J connectivity index is 1.81. The number of rotatable bonds is 7. The molecule has 0 radical (unpaired) electrons. The number of furan rings is 1. The Bertz CT molecular complexity index is 1050. The van der Waals surface area contributed by atoms with E-state index in [9.17, 15) is 9.59 Å². The van der Waals surface area contributed by atoms with Crippen molar-refractivity contribution in [3.8, 4) is 0 Å². The van der Waals surface area contributed by atoms with E-state index < -0.39 is 17.6 Å². The summed E-state index contributed by atoms with van der Waals surface area (Å²) in [5, 5.41) is 0.788. The maximum Gasteiger partial charge on any atom is 0.375 e. The van der Waals surface area contributed by atoms with Gasteiger partial charge in [0.25, 0.3) is 5.91 Å². The van der Waals surface area contributed by atoms with Crippen molar-refractivity contribution in [3.05, 3.63) is 71.5 Å². The summed E-state index contributed by atoms with van der Waals surface area (Å²) in [6.45, 7) is 8.08. The minimum atomic E-state index is -0.973. The maximum atomic E-state index is 13.2. The van der Waals surface area contributed by atoms with Crippen molar-refractivity contribution in [3.63, 3.8) is 0 Å². The van der Waals surface area contributed by atoms with Crippen LogP contribution in [-0.4, -0.2) is 35.5 Å². The molecule has 0 saturated heterocycles. The van der Waals surface area contributed by atoms with Gasteiger partial charge in [-0.3, -0.25) is 4.79 Å². The molecular weight excluding hydrogens is 394 g/mol. The number of esters is 1. The molecule has 0 N–H and O–H groups in total. The summed E-state index contributed by atoms with van der Waals surface area (Å²) >= 11 is 0. The molecule has 0 spiro atoms. The SMILES string of the molecule is COCc1c(C(=O)O[C@H](C)C(=O)N(Cc2ccccc2)C(C)(C)C)oc2ccccc12. The van der Waals surface area contributed by atoms with Gasteiger partial charge < -0.3 is 18.8 Å². The zero-order valence-corrected chi connectivity index (χ0v) is 18.7. The normalized spacial score (nSPS) is 12.5. The Labute approximate surface area is 182 Å². The minimum Gasteiger partial charge on any atom is -0.449 e. The average molecular weight is 424 g/mol. The molecule has 1 aromatic heterocycles. The number of carbonyl (C=O) groups excluding carboxylic acids is 2. The number of nitrogens with zero attached hydrogens (tertiary/aromatic N) is 1. The minimum absolute atomic E-state index is 0.0630. The zero-order chi connectivity index (χ0) is 22.6. The van der Waals surface area contributed by atoms with Crippen molar-refractivity contribution in [2.24, 2.45) is 0 Å². The predicted molar refractivity (Wildman–Crippen MR) is 119 cm³/mol. The molecule has 0 aliphatic heterocycles. The molecule has 3 rings (SSSR count). The van der Waals surface area contributed by atoms with E-state index in [1.807, 2.05) is 69.3 Å². The summed E-state index contributed by atoms with van der Waals surface area (Å²) in [4.78, 5) is 27.9. The van der Waals surface area contributed by atoms with Crippen molar-refractivity contribution < 1.29 is 23.5 Å². The standard InChI is InChI=1S/C25H29NO5/c1-17(23(27)26(25(2,3)4)15-18-11-7-6-8-12-18)30-24(28)22-20(16-29-5)19-13-9-10-14-21(19)31-22/h6-14,17H,15-16H2,1-5H3/t17-/m1/s1. The second-order valence-corrected chi connectivity index (χ2v) is 8.47. The molecule has 0 aliphatic carbocycles. The highest BCUT2D eigenvalue weighted by atomic mass is 16.6. The summed E-state index contributed by atoms with van der Waals surface area (Å²) < 4.78 is 16.5. The number of amides is 1. The molecule has 164 valence electrons. The number of hydrogen-bond acceptors (Lipinski definition) is 5. The molecule has 1 amide bonds. The molecule has 1 heterocycles. The molecular formula is C25H29NO5. The average Bonchev–Trinajstić information content (AvgIpc) is 3.10. The van der Waals surface area contributed by atoms with E-state index in [4.69, 9.17) is 13.9 Å². The van der Waals surface area contributed by atoms with E-state index in [1.54, 1.807) is 25.0 Å². The monoisotopic (exact) mass is 423 g/mol. The van der Waals surface area contributed by atoms with Gasteiger partial charge in [-0.05, 0) is 39.3 Å². The third kappa shape index (κ3) is 5.14. The van der Waals surface area contributed by atoms with Crippen LogP contribution in [0.2, 0.25) is 0 Å². The highest BCUT2D eigenvalue weighted by molar-refractivity contribution is 5.97. The summed E-state index contributed by atoms with van der Waals surface area (Å²) in [7, 11) is 1.55. The molecule has 1 atom stereocenters. The molecule has 0 unspecified atom stereocenters. The van der Waals surface area contributed by atoms with Crippen molar-refractivity contribution >= 4 is 22.8 Å². The van der Waals surface area contributed by atoms with Gasteiger partial charge in [0.05, 0.1) is 6.61 Å². The Morgan fingerprint density at radius 3 is 2.32 bits per heavy atom. The topological polar surface area (TPSA) is 69.0 Å². The molecule has 0 saturated carbocycles. The molecule has 0 bridgehead atoms. The number of carbonyl (C=O) groups is 2. The van der Waals surface area contributed by atoms with Crippen molar-refractivity contribution in [1.82, 2.24) is 4.90 Å². The van der Waals surface area contributed by atoms with Crippen LogP contribution in [0.1, 0.15) is 49.4 Å².